The number of Topliss-reactive ketones (excluding diaryl/α,β-unsaturated/α-hetero) is 1. The van der Waals surface area contributed by atoms with Crippen LogP contribution in [-0.4, -0.2) is 35.6 Å². The first kappa shape index (κ1) is 18.0. The van der Waals surface area contributed by atoms with Gasteiger partial charge in [0.25, 0.3) is 0 Å². The summed E-state index contributed by atoms with van der Waals surface area (Å²) in [7, 11) is 0. The zero-order valence-corrected chi connectivity index (χ0v) is 15.6. The van der Waals surface area contributed by atoms with Crippen LogP contribution in [-0.2, 0) is 9.59 Å². The Morgan fingerprint density at radius 2 is 1.82 bits per heavy atom. The van der Waals surface area contributed by atoms with Crippen LogP contribution in [0.4, 0.5) is 5.69 Å². The molecule has 2 aromatic carbocycles. The molecule has 2 aromatic rings. The maximum Gasteiger partial charge on any atom is 0.236 e. The number of aryl methyl sites for hydroxylation is 1. The fraction of sp³-hybridized carbons (Fsp3) is 0.227. The molecule has 0 saturated carbocycles. The van der Waals surface area contributed by atoms with Crippen LogP contribution in [0, 0.1) is 12.8 Å². The summed E-state index contributed by atoms with van der Waals surface area (Å²) in [6.45, 7) is 3.08. The maximum absolute atomic E-state index is 13.1. The van der Waals surface area contributed by atoms with Gasteiger partial charge in [-0.15, -0.1) is 0 Å². The predicted molar refractivity (Wildman–Crippen MR) is 105 cm³/mol. The third-order valence-electron chi connectivity index (χ3n) is 5.07. The van der Waals surface area contributed by atoms with Gasteiger partial charge in [-0.1, -0.05) is 48.0 Å². The topological polar surface area (TPSA) is 78.5 Å². The second kappa shape index (κ2) is 7.31. The molecule has 0 aliphatic carbocycles. The highest BCUT2D eigenvalue weighted by molar-refractivity contribution is 6.15. The number of nitrogens with one attached hydrogen (secondary N) is 2. The average molecular weight is 375 g/mol. The van der Waals surface area contributed by atoms with Crippen LogP contribution in [0.15, 0.2) is 66.0 Å². The summed E-state index contributed by atoms with van der Waals surface area (Å²) in [6, 6.07) is 16.3. The average Bonchev–Trinajstić information content (AvgIpc) is 3.27. The van der Waals surface area contributed by atoms with Crippen molar-refractivity contribution < 1.29 is 14.4 Å². The number of rotatable bonds is 5. The van der Waals surface area contributed by atoms with E-state index in [2.05, 4.69) is 10.6 Å². The third-order valence-corrected chi connectivity index (χ3v) is 5.07. The molecule has 1 atom stereocenters. The number of carbonyl (C=O) groups excluding carboxylic acids is 3. The van der Waals surface area contributed by atoms with Gasteiger partial charge in [0, 0.05) is 30.8 Å². The number of hydrogen-bond donors (Lipinski definition) is 2. The fourth-order valence-electron chi connectivity index (χ4n) is 3.67. The van der Waals surface area contributed by atoms with Crippen LogP contribution in [0.5, 0.6) is 0 Å². The van der Waals surface area contributed by atoms with Crippen LogP contribution in [0.25, 0.3) is 0 Å². The molecule has 4 rings (SSSR count). The lowest BCUT2D eigenvalue weighted by Crippen LogP contribution is -2.30. The Morgan fingerprint density at radius 1 is 1.11 bits per heavy atom. The standard InChI is InChI=1S/C22H21N3O3/c1-14-7-9-16(10-8-14)24-18(26)13-17-19(20(27)15-5-3-2-4-6-15)21-23-11-12-25(21)22(17)28/h2-10,17,23H,11-13H2,1H3,(H,24,26)/t17-/m0/s1. The van der Waals surface area contributed by atoms with Crippen molar-refractivity contribution >= 4 is 23.3 Å². The van der Waals surface area contributed by atoms with Crippen molar-refractivity contribution in [3.63, 3.8) is 0 Å². The van der Waals surface area contributed by atoms with Gasteiger partial charge in [-0.3, -0.25) is 19.3 Å². The Bertz CT molecular complexity index is 964. The summed E-state index contributed by atoms with van der Waals surface area (Å²) >= 11 is 0. The van der Waals surface area contributed by atoms with E-state index in [0.717, 1.165) is 5.56 Å². The van der Waals surface area contributed by atoms with Crippen LogP contribution in [0.2, 0.25) is 0 Å². The van der Waals surface area contributed by atoms with E-state index in [1.807, 2.05) is 37.3 Å². The third kappa shape index (κ3) is 3.29. The molecule has 6 heteroatoms. The van der Waals surface area contributed by atoms with E-state index < -0.39 is 5.92 Å². The first-order valence-electron chi connectivity index (χ1n) is 9.30. The minimum atomic E-state index is -0.777. The van der Waals surface area contributed by atoms with Gasteiger partial charge in [0.1, 0.15) is 5.82 Å². The number of nitrogens with zero attached hydrogens (tertiary/aromatic N) is 1. The van der Waals surface area contributed by atoms with E-state index in [1.165, 1.54) is 0 Å². The quantitative estimate of drug-likeness (QED) is 0.787. The molecule has 2 amide bonds. The van der Waals surface area contributed by atoms with Gasteiger partial charge < -0.3 is 10.6 Å². The van der Waals surface area contributed by atoms with E-state index in [4.69, 9.17) is 0 Å². The predicted octanol–water partition coefficient (Wildman–Crippen LogP) is 2.48. The van der Waals surface area contributed by atoms with E-state index in [9.17, 15) is 14.4 Å². The molecule has 2 aliphatic rings. The van der Waals surface area contributed by atoms with Crippen molar-refractivity contribution in [2.45, 2.75) is 13.3 Å². The molecule has 0 radical (unpaired) electrons. The summed E-state index contributed by atoms with van der Waals surface area (Å²) in [5, 5.41) is 5.96. The lowest BCUT2D eigenvalue weighted by atomic mass is 9.90. The number of hydrogen-bond acceptors (Lipinski definition) is 4. The van der Waals surface area contributed by atoms with E-state index in [-0.39, 0.29) is 24.0 Å². The van der Waals surface area contributed by atoms with Gasteiger partial charge in [0.2, 0.25) is 11.8 Å². The smallest absolute Gasteiger partial charge is 0.236 e. The van der Waals surface area contributed by atoms with E-state index in [0.29, 0.717) is 35.7 Å². The minimum absolute atomic E-state index is 0.0672. The van der Waals surface area contributed by atoms with Crippen molar-refractivity contribution in [2.24, 2.45) is 5.92 Å². The fourth-order valence-corrected chi connectivity index (χ4v) is 3.67. The van der Waals surface area contributed by atoms with Crippen molar-refractivity contribution in [2.75, 3.05) is 18.4 Å². The van der Waals surface area contributed by atoms with Gasteiger partial charge in [-0.25, -0.2) is 0 Å². The molecular weight excluding hydrogens is 354 g/mol. The van der Waals surface area contributed by atoms with Gasteiger partial charge in [0.15, 0.2) is 5.78 Å². The molecule has 2 heterocycles. The highest BCUT2D eigenvalue weighted by Gasteiger charge is 2.45. The normalized spacial score (nSPS) is 18.1. The second-order valence-electron chi connectivity index (χ2n) is 7.04. The number of ketones is 1. The Hall–Kier alpha value is -3.41. The van der Waals surface area contributed by atoms with Crippen LogP contribution in [0.3, 0.4) is 0 Å². The molecule has 0 unspecified atom stereocenters. The maximum atomic E-state index is 13.1. The molecule has 0 spiro atoms. The molecule has 28 heavy (non-hydrogen) atoms. The number of benzene rings is 2. The molecule has 0 aromatic heterocycles. The number of anilines is 1. The monoisotopic (exact) mass is 375 g/mol. The summed E-state index contributed by atoms with van der Waals surface area (Å²) in [5.41, 5.74) is 2.66. The van der Waals surface area contributed by atoms with Crippen LogP contribution < -0.4 is 10.6 Å². The lowest BCUT2D eigenvalue weighted by Gasteiger charge is -2.14. The first-order chi connectivity index (χ1) is 13.5. The Balaban J connectivity index is 1.58. The van der Waals surface area contributed by atoms with Gasteiger partial charge >= 0.3 is 0 Å². The SMILES string of the molecule is Cc1ccc(NC(=O)C[C@@H]2C(=O)N3CCNC3=C2C(=O)c2ccccc2)cc1. The lowest BCUT2D eigenvalue weighted by molar-refractivity contribution is -0.132. The Labute approximate surface area is 163 Å². The first-order valence-corrected chi connectivity index (χ1v) is 9.30. The highest BCUT2D eigenvalue weighted by Crippen LogP contribution is 2.35. The molecule has 2 aliphatic heterocycles. The summed E-state index contributed by atoms with van der Waals surface area (Å²) in [6.07, 6.45) is -0.0672. The summed E-state index contributed by atoms with van der Waals surface area (Å²) < 4.78 is 0. The van der Waals surface area contributed by atoms with E-state index >= 15 is 0 Å². The zero-order valence-electron chi connectivity index (χ0n) is 15.6. The van der Waals surface area contributed by atoms with Gasteiger partial charge in [0.05, 0.1) is 11.5 Å². The van der Waals surface area contributed by atoms with Gasteiger partial charge in [-0.2, -0.15) is 0 Å². The molecule has 142 valence electrons. The van der Waals surface area contributed by atoms with Crippen molar-refractivity contribution in [3.8, 4) is 0 Å². The Morgan fingerprint density at radius 3 is 2.54 bits per heavy atom. The molecule has 0 bridgehead atoms. The van der Waals surface area contributed by atoms with Crippen molar-refractivity contribution in [1.29, 1.82) is 0 Å². The highest BCUT2D eigenvalue weighted by atomic mass is 16.2. The molecular formula is C22H21N3O3. The number of amides is 2. The van der Waals surface area contributed by atoms with Gasteiger partial charge in [-0.05, 0) is 19.1 Å². The van der Waals surface area contributed by atoms with Crippen molar-refractivity contribution in [1.82, 2.24) is 10.2 Å². The van der Waals surface area contributed by atoms with Crippen molar-refractivity contribution in [3.05, 3.63) is 77.1 Å². The van der Waals surface area contributed by atoms with Crippen LogP contribution in [0.1, 0.15) is 22.3 Å². The molecule has 6 nitrogen and oxygen atoms in total. The van der Waals surface area contributed by atoms with E-state index in [1.54, 1.807) is 29.2 Å². The zero-order chi connectivity index (χ0) is 19.7. The largest absolute Gasteiger partial charge is 0.369 e. The number of carbonyl (C=O) groups is 3. The summed E-state index contributed by atoms with van der Waals surface area (Å²) in [5.74, 6) is -0.928. The van der Waals surface area contributed by atoms with Crippen LogP contribution >= 0.6 is 0 Å². The molecule has 1 saturated heterocycles. The number of fused-ring (bicyclic) bond motifs is 1. The molecule has 2 N–H and O–H groups in total. The minimum Gasteiger partial charge on any atom is -0.369 e. The second-order valence-corrected chi connectivity index (χ2v) is 7.04. The molecule has 1 fully saturated rings. The Kier molecular flexibility index (Phi) is 4.69. The summed E-state index contributed by atoms with van der Waals surface area (Å²) in [4.78, 5) is 40.2.